The van der Waals surface area contributed by atoms with E-state index in [-0.39, 0.29) is 11.6 Å². The molecular formula is C21H19O6-. The number of ketones is 2. The van der Waals surface area contributed by atoms with Crippen molar-refractivity contribution in [1.82, 2.24) is 0 Å². The number of carboxylic acids is 1. The molecule has 0 aromatic heterocycles. The summed E-state index contributed by atoms with van der Waals surface area (Å²) in [7, 11) is 0. The zero-order valence-electron chi connectivity index (χ0n) is 14.8. The minimum Gasteiger partial charge on any atom is -0.546 e. The highest BCUT2D eigenvalue weighted by molar-refractivity contribution is 6.05. The van der Waals surface area contributed by atoms with E-state index < -0.39 is 18.5 Å². The van der Waals surface area contributed by atoms with E-state index in [1.165, 1.54) is 0 Å². The first-order chi connectivity index (χ1) is 13.0. The zero-order valence-corrected chi connectivity index (χ0v) is 14.8. The van der Waals surface area contributed by atoms with Gasteiger partial charge in [-0.25, -0.2) is 0 Å². The topological polar surface area (TPSA) is 92.7 Å². The smallest absolute Gasteiger partial charge is 0.163 e. The van der Waals surface area contributed by atoms with E-state index in [9.17, 15) is 19.5 Å². The predicted molar refractivity (Wildman–Crippen MR) is 92.5 cm³/mol. The molecule has 0 spiro atoms. The molecule has 0 saturated heterocycles. The molecule has 0 radical (unpaired) electrons. The predicted octanol–water partition coefficient (Wildman–Crippen LogP) is 1.94. The van der Waals surface area contributed by atoms with Gasteiger partial charge in [0.15, 0.2) is 11.6 Å². The molecule has 0 saturated carbocycles. The highest BCUT2D eigenvalue weighted by Crippen LogP contribution is 2.47. The third-order valence-electron chi connectivity index (χ3n) is 5.21. The van der Waals surface area contributed by atoms with Crippen LogP contribution in [0.15, 0.2) is 46.9 Å². The number of benzene rings is 1. The lowest BCUT2D eigenvalue weighted by molar-refractivity contribution is -0.307. The van der Waals surface area contributed by atoms with E-state index in [1.807, 2.05) is 0 Å². The first-order valence-corrected chi connectivity index (χ1v) is 9.17. The van der Waals surface area contributed by atoms with Gasteiger partial charge in [-0.2, -0.15) is 0 Å². The molecule has 1 aliphatic heterocycles. The fraction of sp³-hybridized carbons (Fsp3) is 0.381. The third-order valence-corrected chi connectivity index (χ3v) is 5.21. The van der Waals surface area contributed by atoms with Crippen LogP contribution in [-0.2, 0) is 19.1 Å². The summed E-state index contributed by atoms with van der Waals surface area (Å²) in [6.45, 7) is -0.530. The lowest BCUT2D eigenvalue weighted by Gasteiger charge is -2.36. The van der Waals surface area contributed by atoms with Crippen LogP contribution in [0.4, 0.5) is 0 Å². The first kappa shape index (κ1) is 17.5. The molecule has 1 aromatic rings. The molecule has 1 aromatic carbocycles. The number of aliphatic carboxylic acids is 1. The lowest BCUT2D eigenvalue weighted by atomic mass is 9.73. The van der Waals surface area contributed by atoms with Crippen molar-refractivity contribution in [2.75, 3.05) is 6.61 Å². The molecule has 0 atom stereocenters. The van der Waals surface area contributed by atoms with Crippen LogP contribution in [0.1, 0.15) is 50.0 Å². The van der Waals surface area contributed by atoms with Gasteiger partial charge in [-0.3, -0.25) is 9.59 Å². The number of carbonyl (C=O) groups is 3. The summed E-state index contributed by atoms with van der Waals surface area (Å²) in [6.07, 6.45) is 3.85. The van der Waals surface area contributed by atoms with Crippen LogP contribution in [0.25, 0.3) is 0 Å². The summed E-state index contributed by atoms with van der Waals surface area (Å²) >= 11 is 0. The average molecular weight is 367 g/mol. The summed E-state index contributed by atoms with van der Waals surface area (Å²) in [5.41, 5.74) is 2.00. The molecule has 0 unspecified atom stereocenters. The summed E-state index contributed by atoms with van der Waals surface area (Å²) < 4.78 is 11.1. The maximum atomic E-state index is 12.7. The number of carboxylic acid groups (broad SMARTS) is 1. The van der Waals surface area contributed by atoms with Crippen molar-refractivity contribution in [3.63, 3.8) is 0 Å². The van der Waals surface area contributed by atoms with Gasteiger partial charge in [-0.05, 0) is 30.5 Å². The van der Waals surface area contributed by atoms with Crippen molar-refractivity contribution in [2.24, 2.45) is 0 Å². The van der Waals surface area contributed by atoms with Crippen molar-refractivity contribution in [1.29, 1.82) is 0 Å². The molecular weight excluding hydrogens is 348 g/mol. The molecule has 0 amide bonds. The number of ether oxygens (including phenoxy) is 2. The van der Waals surface area contributed by atoms with Gasteiger partial charge in [0.25, 0.3) is 0 Å². The molecule has 27 heavy (non-hydrogen) atoms. The molecule has 1 heterocycles. The number of hydrogen-bond acceptors (Lipinski definition) is 6. The SMILES string of the molecule is O=C([O-])COc1ccc(C2C3=C(CCCC3=O)OC3=C2C(=O)CCC3)cc1. The second kappa shape index (κ2) is 7.02. The second-order valence-electron chi connectivity index (χ2n) is 6.99. The molecule has 0 bridgehead atoms. The molecule has 0 fully saturated rings. The van der Waals surface area contributed by atoms with Gasteiger partial charge in [0.2, 0.25) is 0 Å². The summed E-state index contributed by atoms with van der Waals surface area (Å²) in [4.78, 5) is 35.9. The van der Waals surface area contributed by atoms with Crippen molar-refractivity contribution in [3.8, 4) is 5.75 Å². The van der Waals surface area contributed by atoms with E-state index in [4.69, 9.17) is 9.47 Å². The van der Waals surface area contributed by atoms with Crippen molar-refractivity contribution in [2.45, 2.75) is 44.4 Å². The highest BCUT2D eigenvalue weighted by atomic mass is 16.5. The quantitative estimate of drug-likeness (QED) is 0.807. The number of Topliss-reactive ketones (excluding diaryl/α,β-unsaturated/α-hetero) is 2. The van der Waals surface area contributed by atoms with E-state index in [0.717, 1.165) is 18.4 Å². The van der Waals surface area contributed by atoms with Crippen LogP contribution in [0.2, 0.25) is 0 Å². The molecule has 2 aliphatic carbocycles. The van der Waals surface area contributed by atoms with Crippen LogP contribution in [0.3, 0.4) is 0 Å². The Labute approximate surface area is 156 Å². The first-order valence-electron chi connectivity index (χ1n) is 9.17. The van der Waals surface area contributed by atoms with Crippen molar-refractivity contribution < 1.29 is 29.0 Å². The standard InChI is InChI=1S/C21H20O6/c22-14-3-1-5-16-20(14)19(21-15(23)4-2-6-17(21)27-16)12-7-9-13(10-8-12)26-11-18(24)25/h7-10,19H,1-6,11H2,(H,24,25)/p-1. The van der Waals surface area contributed by atoms with Crippen LogP contribution >= 0.6 is 0 Å². The minimum atomic E-state index is -1.30. The van der Waals surface area contributed by atoms with Crippen LogP contribution < -0.4 is 9.84 Å². The number of allylic oxidation sites excluding steroid dienone is 4. The Morgan fingerprint density at radius 1 is 0.963 bits per heavy atom. The maximum Gasteiger partial charge on any atom is 0.163 e. The van der Waals surface area contributed by atoms with Gasteiger partial charge >= 0.3 is 0 Å². The largest absolute Gasteiger partial charge is 0.546 e. The molecule has 6 heteroatoms. The summed E-state index contributed by atoms with van der Waals surface area (Å²) in [5.74, 6) is 0.132. The van der Waals surface area contributed by atoms with Gasteiger partial charge in [0.05, 0.1) is 5.97 Å². The minimum absolute atomic E-state index is 0.0310. The number of hydrogen-bond donors (Lipinski definition) is 0. The lowest BCUT2D eigenvalue weighted by Crippen LogP contribution is -2.30. The van der Waals surface area contributed by atoms with Gasteiger partial charge in [0, 0.05) is 42.7 Å². The van der Waals surface area contributed by atoms with Gasteiger partial charge in [-0.15, -0.1) is 0 Å². The zero-order chi connectivity index (χ0) is 19.0. The van der Waals surface area contributed by atoms with E-state index >= 15 is 0 Å². The Morgan fingerprint density at radius 2 is 1.52 bits per heavy atom. The molecule has 140 valence electrons. The maximum absolute atomic E-state index is 12.7. The van der Waals surface area contributed by atoms with E-state index in [0.29, 0.717) is 54.1 Å². The van der Waals surface area contributed by atoms with E-state index in [1.54, 1.807) is 24.3 Å². The van der Waals surface area contributed by atoms with Gasteiger partial charge < -0.3 is 19.4 Å². The summed E-state index contributed by atoms with van der Waals surface area (Å²) in [5, 5.41) is 10.5. The fourth-order valence-electron chi connectivity index (χ4n) is 4.05. The summed E-state index contributed by atoms with van der Waals surface area (Å²) in [6, 6.07) is 6.85. The Hall–Kier alpha value is -2.89. The average Bonchev–Trinajstić information content (AvgIpc) is 2.66. The molecule has 4 rings (SSSR count). The molecule has 3 aliphatic rings. The van der Waals surface area contributed by atoms with Gasteiger partial charge in [-0.1, -0.05) is 12.1 Å². The second-order valence-corrected chi connectivity index (χ2v) is 6.99. The van der Waals surface area contributed by atoms with Crippen molar-refractivity contribution >= 4 is 17.5 Å². The fourth-order valence-corrected chi connectivity index (χ4v) is 4.05. The monoisotopic (exact) mass is 367 g/mol. The Balaban J connectivity index is 1.74. The Kier molecular flexibility index (Phi) is 4.56. The Bertz CT molecular complexity index is 832. The molecule has 0 N–H and O–H groups in total. The normalized spacial score (nSPS) is 20.1. The highest BCUT2D eigenvalue weighted by Gasteiger charge is 2.41. The number of carbonyl (C=O) groups excluding carboxylic acids is 3. The van der Waals surface area contributed by atoms with Crippen LogP contribution in [0, 0.1) is 0 Å². The Morgan fingerprint density at radius 3 is 2.04 bits per heavy atom. The van der Waals surface area contributed by atoms with Crippen molar-refractivity contribution in [3.05, 3.63) is 52.5 Å². The van der Waals surface area contributed by atoms with E-state index in [2.05, 4.69) is 0 Å². The molecule has 6 nitrogen and oxygen atoms in total. The van der Waals surface area contributed by atoms with Gasteiger partial charge in [0.1, 0.15) is 23.9 Å². The van der Waals surface area contributed by atoms with Crippen LogP contribution in [0.5, 0.6) is 5.75 Å². The van der Waals surface area contributed by atoms with Crippen LogP contribution in [-0.4, -0.2) is 24.1 Å². The number of rotatable bonds is 4. The third kappa shape index (κ3) is 3.27.